The molecule has 80 valence electrons. The molecule has 3 rings (SSSR count). The van der Waals surface area contributed by atoms with Crippen molar-refractivity contribution in [2.75, 3.05) is 0 Å². The van der Waals surface area contributed by atoms with E-state index in [4.69, 9.17) is 5.73 Å². The monoisotopic (exact) mass is 201 g/mol. The third kappa shape index (κ3) is 1.33. The summed E-state index contributed by atoms with van der Waals surface area (Å²) < 4.78 is 0. The SMILES string of the molecule is NC1(C2CCCC2)CCc2ccccc21. The van der Waals surface area contributed by atoms with Gasteiger partial charge in [0.25, 0.3) is 0 Å². The van der Waals surface area contributed by atoms with E-state index in [0.29, 0.717) is 0 Å². The normalized spacial score (nSPS) is 30.7. The predicted molar refractivity (Wildman–Crippen MR) is 62.6 cm³/mol. The molecular weight excluding hydrogens is 182 g/mol. The number of hydrogen-bond donors (Lipinski definition) is 1. The van der Waals surface area contributed by atoms with E-state index in [1.54, 1.807) is 0 Å². The van der Waals surface area contributed by atoms with Crippen molar-refractivity contribution in [2.45, 2.75) is 44.1 Å². The van der Waals surface area contributed by atoms with E-state index in [2.05, 4.69) is 24.3 Å². The fourth-order valence-electron chi connectivity index (χ4n) is 3.53. The first kappa shape index (κ1) is 9.41. The third-order valence-electron chi connectivity index (χ3n) is 4.41. The van der Waals surface area contributed by atoms with E-state index >= 15 is 0 Å². The molecule has 0 amide bonds. The summed E-state index contributed by atoms with van der Waals surface area (Å²) in [7, 11) is 0. The molecule has 1 heteroatoms. The lowest BCUT2D eigenvalue weighted by molar-refractivity contribution is 0.278. The van der Waals surface area contributed by atoms with E-state index in [0.717, 1.165) is 12.3 Å². The van der Waals surface area contributed by atoms with Crippen LogP contribution in [-0.4, -0.2) is 0 Å². The Balaban J connectivity index is 2.00. The lowest BCUT2D eigenvalue weighted by Crippen LogP contribution is -2.41. The van der Waals surface area contributed by atoms with Gasteiger partial charge in [-0.2, -0.15) is 0 Å². The summed E-state index contributed by atoms with van der Waals surface area (Å²) in [6.07, 6.45) is 7.79. The highest BCUT2D eigenvalue weighted by Crippen LogP contribution is 2.46. The largest absolute Gasteiger partial charge is 0.321 e. The molecule has 0 spiro atoms. The number of benzene rings is 1. The fourth-order valence-corrected chi connectivity index (χ4v) is 3.53. The third-order valence-corrected chi connectivity index (χ3v) is 4.41. The Morgan fingerprint density at radius 2 is 1.87 bits per heavy atom. The molecule has 0 heterocycles. The smallest absolute Gasteiger partial charge is 0.0444 e. The zero-order chi connectivity index (χ0) is 10.3. The Morgan fingerprint density at radius 3 is 2.67 bits per heavy atom. The summed E-state index contributed by atoms with van der Waals surface area (Å²) in [4.78, 5) is 0. The molecule has 0 saturated heterocycles. The maximum Gasteiger partial charge on any atom is 0.0444 e. The molecule has 15 heavy (non-hydrogen) atoms. The molecule has 2 aliphatic rings. The van der Waals surface area contributed by atoms with E-state index in [1.165, 1.54) is 43.2 Å². The van der Waals surface area contributed by atoms with Gasteiger partial charge in [0.15, 0.2) is 0 Å². The minimum absolute atomic E-state index is 0.00704. The highest BCUT2D eigenvalue weighted by Gasteiger charge is 2.42. The van der Waals surface area contributed by atoms with Crippen LogP contribution in [0.2, 0.25) is 0 Å². The molecule has 1 aromatic rings. The summed E-state index contributed by atoms with van der Waals surface area (Å²) in [6.45, 7) is 0. The lowest BCUT2D eigenvalue weighted by Gasteiger charge is -2.32. The standard InChI is InChI=1S/C14H19N/c15-14(12-6-2-3-7-12)10-9-11-5-1-4-8-13(11)14/h1,4-5,8,12H,2-3,6-7,9-10,15H2. The first-order valence-electron chi connectivity index (χ1n) is 6.18. The lowest BCUT2D eigenvalue weighted by atomic mass is 9.79. The van der Waals surface area contributed by atoms with Crippen LogP contribution >= 0.6 is 0 Å². The highest BCUT2D eigenvalue weighted by atomic mass is 14.8. The molecule has 1 fully saturated rings. The van der Waals surface area contributed by atoms with Crippen molar-refractivity contribution in [3.63, 3.8) is 0 Å². The van der Waals surface area contributed by atoms with Crippen LogP contribution in [-0.2, 0) is 12.0 Å². The number of rotatable bonds is 1. The van der Waals surface area contributed by atoms with Gasteiger partial charge in [-0.1, -0.05) is 37.1 Å². The Hall–Kier alpha value is -0.820. The van der Waals surface area contributed by atoms with Gasteiger partial charge in [-0.05, 0) is 42.7 Å². The topological polar surface area (TPSA) is 26.0 Å². The first-order chi connectivity index (χ1) is 7.31. The summed E-state index contributed by atoms with van der Waals surface area (Å²) in [5.74, 6) is 0.737. The van der Waals surface area contributed by atoms with Crippen LogP contribution < -0.4 is 5.73 Å². The molecule has 1 unspecified atom stereocenters. The second-order valence-corrected chi connectivity index (χ2v) is 5.18. The summed E-state index contributed by atoms with van der Waals surface area (Å²) in [5.41, 5.74) is 9.62. The van der Waals surface area contributed by atoms with Crippen molar-refractivity contribution in [2.24, 2.45) is 11.7 Å². The maximum absolute atomic E-state index is 6.68. The molecular formula is C14H19N. The molecule has 2 aliphatic carbocycles. The Bertz CT molecular complexity index is 365. The van der Waals surface area contributed by atoms with Gasteiger partial charge < -0.3 is 5.73 Å². The van der Waals surface area contributed by atoms with Crippen LogP contribution in [0.4, 0.5) is 0 Å². The van der Waals surface area contributed by atoms with E-state index in [9.17, 15) is 0 Å². The number of fused-ring (bicyclic) bond motifs is 1. The first-order valence-corrected chi connectivity index (χ1v) is 6.18. The van der Waals surface area contributed by atoms with Crippen LogP contribution in [0.15, 0.2) is 24.3 Å². The van der Waals surface area contributed by atoms with Crippen molar-refractivity contribution in [1.29, 1.82) is 0 Å². The van der Waals surface area contributed by atoms with Crippen LogP contribution in [0.5, 0.6) is 0 Å². The molecule has 1 aromatic carbocycles. The van der Waals surface area contributed by atoms with Crippen molar-refractivity contribution in [1.82, 2.24) is 0 Å². The van der Waals surface area contributed by atoms with Crippen LogP contribution in [0.25, 0.3) is 0 Å². The van der Waals surface area contributed by atoms with Crippen molar-refractivity contribution in [3.8, 4) is 0 Å². The summed E-state index contributed by atoms with van der Waals surface area (Å²) >= 11 is 0. The summed E-state index contributed by atoms with van der Waals surface area (Å²) in [5, 5.41) is 0. The van der Waals surface area contributed by atoms with E-state index < -0.39 is 0 Å². The quantitative estimate of drug-likeness (QED) is 0.742. The fraction of sp³-hybridized carbons (Fsp3) is 0.571. The van der Waals surface area contributed by atoms with Crippen LogP contribution in [0, 0.1) is 5.92 Å². The van der Waals surface area contributed by atoms with Gasteiger partial charge in [0.1, 0.15) is 0 Å². The molecule has 0 aliphatic heterocycles. The van der Waals surface area contributed by atoms with Gasteiger partial charge in [0.2, 0.25) is 0 Å². The zero-order valence-corrected chi connectivity index (χ0v) is 9.21. The molecule has 0 bridgehead atoms. The molecule has 1 saturated carbocycles. The minimum Gasteiger partial charge on any atom is -0.321 e. The highest BCUT2D eigenvalue weighted by molar-refractivity contribution is 5.39. The summed E-state index contributed by atoms with van der Waals surface area (Å²) in [6, 6.07) is 8.78. The van der Waals surface area contributed by atoms with Gasteiger partial charge in [0, 0.05) is 5.54 Å². The minimum atomic E-state index is 0.00704. The zero-order valence-electron chi connectivity index (χ0n) is 9.21. The predicted octanol–water partition coefficient (Wildman–Crippen LogP) is 2.98. The van der Waals surface area contributed by atoms with Crippen molar-refractivity contribution < 1.29 is 0 Å². The maximum atomic E-state index is 6.68. The number of aryl methyl sites for hydroxylation is 1. The van der Waals surface area contributed by atoms with E-state index in [1.807, 2.05) is 0 Å². The van der Waals surface area contributed by atoms with Crippen molar-refractivity contribution in [3.05, 3.63) is 35.4 Å². The van der Waals surface area contributed by atoms with Crippen LogP contribution in [0.3, 0.4) is 0 Å². The van der Waals surface area contributed by atoms with Gasteiger partial charge in [-0.25, -0.2) is 0 Å². The van der Waals surface area contributed by atoms with Gasteiger partial charge in [-0.3, -0.25) is 0 Å². The second-order valence-electron chi connectivity index (χ2n) is 5.18. The molecule has 2 N–H and O–H groups in total. The Morgan fingerprint density at radius 1 is 1.13 bits per heavy atom. The Labute approximate surface area is 91.7 Å². The van der Waals surface area contributed by atoms with Gasteiger partial charge in [-0.15, -0.1) is 0 Å². The van der Waals surface area contributed by atoms with Gasteiger partial charge >= 0.3 is 0 Å². The Kier molecular flexibility index (Phi) is 2.10. The number of hydrogen-bond acceptors (Lipinski definition) is 1. The molecule has 1 atom stereocenters. The average Bonchev–Trinajstić information content (AvgIpc) is 2.88. The molecule has 0 radical (unpaired) electrons. The van der Waals surface area contributed by atoms with Crippen molar-refractivity contribution >= 4 is 0 Å². The second kappa shape index (κ2) is 3.34. The van der Waals surface area contributed by atoms with Crippen LogP contribution in [0.1, 0.15) is 43.2 Å². The molecule has 0 aromatic heterocycles. The van der Waals surface area contributed by atoms with Gasteiger partial charge in [0.05, 0.1) is 0 Å². The molecule has 1 nitrogen and oxygen atoms in total. The average molecular weight is 201 g/mol. The van der Waals surface area contributed by atoms with E-state index in [-0.39, 0.29) is 5.54 Å². The number of nitrogens with two attached hydrogens (primary N) is 1.